The third kappa shape index (κ3) is 2.62. The largest absolute Gasteiger partial charge is 0.464 e. The Hall–Kier alpha value is -1.78. The van der Waals surface area contributed by atoms with Gasteiger partial charge in [0.05, 0.1) is 6.20 Å². The van der Waals surface area contributed by atoms with E-state index in [4.69, 9.17) is 10.5 Å². The Balaban J connectivity index is 2.58. The molecule has 76 valence electrons. The first-order valence-corrected chi connectivity index (χ1v) is 4.25. The molecule has 0 amide bonds. The Labute approximate surface area is 81.9 Å². The SMILES string of the molecule is C=CCC(Cc1cn[nH]c1N)OC=O. The monoisotopic (exact) mass is 195 g/mol. The summed E-state index contributed by atoms with van der Waals surface area (Å²) in [4.78, 5) is 10.2. The van der Waals surface area contributed by atoms with Gasteiger partial charge in [0, 0.05) is 18.4 Å². The average molecular weight is 195 g/mol. The van der Waals surface area contributed by atoms with Gasteiger partial charge in [-0.2, -0.15) is 5.10 Å². The normalized spacial score (nSPS) is 12.0. The molecule has 3 N–H and O–H groups in total. The number of carbonyl (C=O) groups excluding carboxylic acids is 1. The summed E-state index contributed by atoms with van der Waals surface area (Å²) in [5.74, 6) is 0.508. The zero-order valence-corrected chi connectivity index (χ0v) is 7.77. The molecule has 1 aromatic rings. The van der Waals surface area contributed by atoms with Crippen LogP contribution in [0, 0.1) is 0 Å². The highest BCUT2D eigenvalue weighted by Gasteiger charge is 2.11. The number of hydrogen-bond acceptors (Lipinski definition) is 4. The molecule has 5 nitrogen and oxygen atoms in total. The molecule has 14 heavy (non-hydrogen) atoms. The van der Waals surface area contributed by atoms with E-state index in [0.717, 1.165) is 5.56 Å². The van der Waals surface area contributed by atoms with Crippen molar-refractivity contribution in [2.24, 2.45) is 0 Å². The molecule has 0 aliphatic carbocycles. The fraction of sp³-hybridized carbons (Fsp3) is 0.333. The predicted octanol–water partition coefficient (Wildman–Crippen LogP) is 0.652. The van der Waals surface area contributed by atoms with Crippen LogP contribution >= 0.6 is 0 Å². The Morgan fingerprint density at radius 3 is 3.07 bits per heavy atom. The van der Waals surface area contributed by atoms with Gasteiger partial charge in [-0.3, -0.25) is 9.89 Å². The first kappa shape index (κ1) is 10.3. The number of aromatic amines is 1. The van der Waals surface area contributed by atoms with Crippen molar-refractivity contribution < 1.29 is 9.53 Å². The second-order valence-corrected chi connectivity index (χ2v) is 2.89. The second kappa shape index (κ2) is 5.06. The van der Waals surface area contributed by atoms with Crippen molar-refractivity contribution in [1.29, 1.82) is 0 Å². The van der Waals surface area contributed by atoms with Crippen molar-refractivity contribution in [3.63, 3.8) is 0 Å². The van der Waals surface area contributed by atoms with E-state index in [2.05, 4.69) is 16.8 Å². The quantitative estimate of drug-likeness (QED) is 0.516. The van der Waals surface area contributed by atoms with Crippen LogP contribution in [0.15, 0.2) is 18.9 Å². The van der Waals surface area contributed by atoms with Gasteiger partial charge in [-0.1, -0.05) is 6.08 Å². The number of H-pyrrole nitrogens is 1. The van der Waals surface area contributed by atoms with E-state index in [1.54, 1.807) is 12.3 Å². The van der Waals surface area contributed by atoms with Crippen LogP contribution in [0.3, 0.4) is 0 Å². The highest BCUT2D eigenvalue weighted by atomic mass is 16.5. The lowest BCUT2D eigenvalue weighted by molar-refractivity contribution is -0.133. The number of nitrogens with one attached hydrogen (secondary N) is 1. The van der Waals surface area contributed by atoms with Crippen LogP contribution in [0.2, 0.25) is 0 Å². The van der Waals surface area contributed by atoms with Crippen LogP contribution in [0.25, 0.3) is 0 Å². The summed E-state index contributed by atoms with van der Waals surface area (Å²) in [7, 11) is 0. The summed E-state index contributed by atoms with van der Waals surface area (Å²) < 4.78 is 4.86. The molecule has 0 spiro atoms. The van der Waals surface area contributed by atoms with E-state index < -0.39 is 0 Å². The fourth-order valence-corrected chi connectivity index (χ4v) is 1.18. The molecule has 1 rings (SSSR count). The Bertz CT molecular complexity index is 299. The number of ether oxygens (including phenoxy) is 1. The molecule has 0 fully saturated rings. The summed E-state index contributed by atoms with van der Waals surface area (Å²) >= 11 is 0. The summed E-state index contributed by atoms with van der Waals surface area (Å²) in [6.07, 6.45) is 4.26. The van der Waals surface area contributed by atoms with E-state index in [1.807, 2.05) is 0 Å². The van der Waals surface area contributed by atoms with Crippen molar-refractivity contribution in [2.75, 3.05) is 5.73 Å². The van der Waals surface area contributed by atoms with E-state index >= 15 is 0 Å². The van der Waals surface area contributed by atoms with E-state index in [1.165, 1.54) is 0 Å². The third-order valence-electron chi connectivity index (χ3n) is 1.88. The van der Waals surface area contributed by atoms with E-state index in [-0.39, 0.29) is 6.10 Å². The van der Waals surface area contributed by atoms with Gasteiger partial charge >= 0.3 is 0 Å². The van der Waals surface area contributed by atoms with Crippen molar-refractivity contribution in [1.82, 2.24) is 10.2 Å². The van der Waals surface area contributed by atoms with Gasteiger partial charge in [-0.25, -0.2) is 0 Å². The number of aromatic nitrogens is 2. The molecule has 1 heterocycles. The molecular weight excluding hydrogens is 182 g/mol. The van der Waals surface area contributed by atoms with Crippen molar-refractivity contribution in [3.8, 4) is 0 Å². The van der Waals surface area contributed by atoms with Crippen LogP contribution in [0.4, 0.5) is 5.82 Å². The number of nitrogens with zero attached hydrogens (tertiary/aromatic N) is 1. The van der Waals surface area contributed by atoms with Gasteiger partial charge < -0.3 is 10.5 Å². The van der Waals surface area contributed by atoms with Crippen LogP contribution in [0.5, 0.6) is 0 Å². The minimum absolute atomic E-state index is 0.218. The van der Waals surface area contributed by atoms with Crippen LogP contribution in [0.1, 0.15) is 12.0 Å². The van der Waals surface area contributed by atoms with Crippen LogP contribution in [-0.4, -0.2) is 22.8 Å². The van der Waals surface area contributed by atoms with Gasteiger partial charge in [-0.05, 0) is 0 Å². The molecule has 1 aromatic heterocycles. The molecule has 0 aromatic carbocycles. The number of nitrogens with two attached hydrogens (primary N) is 1. The zero-order valence-electron chi connectivity index (χ0n) is 7.77. The van der Waals surface area contributed by atoms with Crippen LogP contribution < -0.4 is 5.73 Å². The lowest BCUT2D eigenvalue weighted by Crippen LogP contribution is -2.14. The number of carbonyl (C=O) groups is 1. The fourth-order valence-electron chi connectivity index (χ4n) is 1.18. The zero-order chi connectivity index (χ0) is 10.4. The van der Waals surface area contributed by atoms with E-state index in [0.29, 0.717) is 25.1 Å². The number of hydrogen-bond donors (Lipinski definition) is 2. The predicted molar refractivity (Wildman–Crippen MR) is 52.5 cm³/mol. The highest BCUT2D eigenvalue weighted by Crippen LogP contribution is 2.12. The van der Waals surface area contributed by atoms with Crippen molar-refractivity contribution in [2.45, 2.75) is 18.9 Å². The minimum atomic E-state index is -0.218. The molecule has 0 saturated carbocycles. The van der Waals surface area contributed by atoms with Gasteiger partial charge in [0.1, 0.15) is 11.9 Å². The number of nitrogen functional groups attached to an aromatic ring is 1. The minimum Gasteiger partial charge on any atom is -0.464 e. The molecule has 0 aliphatic rings. The molecule has 0 bridgehead atoms. The van der Waals surface area contributed by atoms with Crippen molar-refractivity contribution in [3.05, 3.63) is 24.4 Å². The van der Waals surface area contributed by atoms with Gasteiger partial charge in [0.25, 0.3) is 6.47 Å². The second-order valence-electron chi connectivity index (χ2n) is 2.89. The lowest BCUT2D eigenvalue weighted by atomic mass is 10.1. The Morgan fingerprint density at radius 2 is 2.57 bits per heavy atom. The molecule has 1 atom stereocenters. The highest BCUT2D eigenvalue weighted by molar-refractivity contribution is 5.40. The topological polar surface area (TPSA) is 81.0 Å². The Morgan fingerprint density at radius 1 is 1.79 bits per heavy atom. The molecule has 0 saturated heterocycles. The van der Waals surface area contributed by atoms with Crippen molar-refractivity contribution >= 4 is 12.3 Å². The van der Waals surface area contributed by atoms with Gasteiger partial charge in [0.15, 0.2) is 0 Å². The first-order valence-electron chi connectivity index (χ1n) is 4.25. The molecule has 0 aliphatic heterocycles. The number of anilines is 1. The standard InChI is InChI=1S/C9H13N3O2/c1-2-3-8(14-6-13)4-7-5-11-12-9(7)10/h2,5-6,8H,1,3-4H2,(H3,10,11,12). The number of rotatable bonds is 6. The summed E-state index contributed by atoms with van der Waals surface area (Å²) in [6.45, 7) is 4.02. The van der Waals surface area contributed by atoms with Gasteiger partial charge in [-0.15, -0.1) is 6.58 Å². The molecule has 1 unspecified atom stereocenters. The smallest absolute Gasteiger partial charge is 0.293 e. The first-order chi connectivity index (χ1) is 6.77. The van der Waals surface area contributed by atoms with Crippen LogP contribution in [-0.2, 0) is 16.0 Å². The maximum atomic E-state index is 10.2. The maximum Gasteiger partial charge on any atom is 0.293 e. The Kier molecular flexibility index (Phi) is 3.72. The maximum absolute atomic E-state index is 10.2. The summed E-state index contributed by atoms with van der Waals surface area (Å²) in [5, 5.41) is 6.39. The van der Waals surface area contributed by atoms with E-state index in [9.17, 15) is 4.79 Å². The molecule has 5 heteroatoms. The molecular formula is C9H13N3O2. The summed E-state index contributed by atoms with van der Waals surface area (Å²) in [5.41, 5.74) is 6.44. The summed E-state index contributed by atoms with van der Waals surface area (Å²) in [6, 6.07) is 0. The third-order valence-corrected chi connectivity index (χ3v) is 1.88. The van der Waals surface area contributed by atoms with Gasteiger partial charge in [0.2, 0.25) is 0 Å². The average Bonchev–Trinajstić information content (AvgIpc) is 2.53. The molecule has 0 radical (unpaired) electrons. The lowest BCUT2D eigenvalue weighted by Gasteiger charge is -2.11.